The molecule has 2 heterocycles. The number of carbonyl (C=O) groups excluding carboxylic acids is 1. The maximum absolute atomic E-state index is 12.6. The van der Waals surface area contributed by atoms with Crippen molar-refractivity contribution in [2.75, 3.05) is 20.6 Å². The topological polar surface area (TPSA) is 58.1 Å². The van der Waals surface area contributed by atoms with Crippen molar-refractivity contribution in [2.24, 2.45) is 0 Å². The zero-order valence-corrected chi connectivity index (χ0v) is 16.0. The first-order valence-electron chi connectivity index (χ1n) is 8.42. The maximum atomic E-state index is 12.6. The van der Waals surface area contributed by atoms with E-state index in [9.17, 15) is 4.79 Å². The van der Waals surface area contributed by atoms with E-state index in [1.807, 2.05) is 38.4 Å². The van der Waals surface area contributed by atoms with E-state index in [4.69, 9.17) is 0 Å². The van der Waals surface area contributed by atoms with E-state index < -0.39 is 0 Å². The predicted molar refractivity (Wildman–Crippen MR) is 105 cm³/mol. The fraction of sp³-hybridized carbons (Fsp3) is 0.250. The Morgan fingerprint density at radius 1 is 1.19 bits per heavy atom. The summed E-state index contributed by atoms with van der Waals surface area (Å²) < 4.78 is 0. The third-order valence-corrected chi connectivity index (χ3v) is 5.35. The van der Waals surface area contributed by atoms with Crippen LogP contribution in [0, 0.1) is 6.92 Å². The lowest BCUT2D eigenvalue weighted by Crippen LogP contribution is -2.34. The van der Waals surface area contributed by atoms with Crippen LogP contribution in [0.2, 0.25) is 0 Å². The standard InChI is InChI=1S/C20H22N4OS/c1-14-8-11-26-18(14)17(24(2)3)13-23-20(25)16-7-4-6-15(12-16)19-21-9-5-10-22-19/h4-12,17H,13H2,1-3H3,(H,23,25). The Morgan fingerprint density at radius 2 is 1.96 bits per heavy atom. The van der Waals surface area contributed by atoms with Crippen LogP contribution in [0.3, 0.4) is 0 Å². The fourth-order valence-corrected chi connectivity index (χ4v) is 3.90. The SMILES string of the molecule is Cc1ccsc1C(CNC(=O)c1cccc(-c2ncccn2)c1)N(C)C. The lowest BCUT2D eigenvalue weighted by molar-refractivity contribution is 0.0942. The third kappa shape index (κ3) is 4.15. The second kappa shape index (κ2) is 8.21. The zero-order valence-electron chi connectivity index (χ0n) is 15.1. The molecule has 1 N–H and O–H groups in total. The highest BCUT2D eigenvalue weighted by Crippen LogP contribution is 2.26. The van der Waals surface area contributed by atoms with Gasteiger partial charge in [0.2, 0.25) is 0 Å². The normalized spacial score (nSPS) is 12.2. The minimum atomic E-state index is -0.0937. The minimum absolute atomic E-state index is 0.0937. The van der Waals surface area contributed by atoms with Crippen molar-refractivity contribution in [3.8, 4) is 11.4 Å². The molecule has 2 aromatic heterocycles. The molecule has 3 rings (SSSR count). The number of thiophene rings is 1. The van der Waals surface area contributed by atoms with Crippen LogP contribution in [-0.2, 0) is 0 Å². The van der Waals surface area contributed by atoms with Gasteiger partial charge in [-0.3, -0.25) is 4.79 Å². The molecule has 0 aliphatic heterocycles. The number of aromatic nitrogens is 2. The number of aryl methyl sites for hydroxylation is 1. The van der Waals surface area contributed by atoms with E-state index in [0.717, 1.165) is 5.56 Å². The summed E-state index contributed by atoms with van der Waals surface area (Å²) in [5, 5.41) is 5.15. The number of hydrogen-bond acceptors (Lipinski definition) is 5. The highest BCUT2D eigenvalue weighted by molar-refractivity contribution is 7.10. The van der Waals surface area contributed by atoms with Crippen molar-refractivity contribution in [2.45, 2.75) is 13.0 Å². The molecule has 0 saturated carbocycles. The summed E-state index contributed by atoms with van der Waals surface area (Å²) in [6, 6.07) is 11.4. The molecular weight excluding hydrogens is 344 g/mol. The highest BCUT2D eigenvalue weighted by Gasteiger charge is 2.19. The van der Waals surface area contributed by atoms with E-state index in [2.05, 4.69) is 38.6 Å². The van der Waals surface area contributed by atoms with Crippen molar-refractivity contribution in [3.63, 3.8) is 0 Å². The van der Waals surface area contributed by atoms with Gasteiger partial charge in [-0.2, -0.15) is 0 Å². The summed E-state index contributed by atoms with van der Waals surface area (Å²) in [7, 11) is 4.06. The molecule has 1 aromatic carbocycles. The van der Waals surface area contributed by atoms with E-state index in [-0.39, 0.29) is 11.9 Å². The number of amides is 1. The van der Waals surface area contributed by atoms with Gasteiger partial charge in [-0.15, -0.1) is 11.3 Å². The largest absolute Gasteiger partial charge is 0.350 e. The molecule has 0 radical (unpaired) electrons. The molecule has 0 saturated heterocycles. The van der Waals surface area contributed by atoms with Gasteiger partial charge in [0, 0.05) is 34.9 Å². The van der Waals surface area contributed by atoms with Crippen LogP contribution in [-0.4, -0.2) is 41.4 Å². The summed E-state index contributed by atoms with van der Waals surface area (Å²) >= 11 is 1.72. The van der Waals surface area contributed by atoms with Crippen molar-refractivity contribution in [3.05, 3.63) is 70.2 Å². The summed E-state index contributed by atoms with van der Waals surface area (Å²) in [6.45, 7) is 2.66. The average molecular weight is 366 g/mol. The van der Waals surface area contributed by atoms with Crippen molar-refractivity contribution in [1.29, 1.82) is 0 Å². The molecule has 0 aliphatic rings. The fourth-order valence-electron chi connectivity index (χ4n) is 2.77. The number of nitrogens with zero attached hydrogens (tertiary/aromatic N) is 3. The van der Waals surface area contributed by atoms with E-state index in [1.165, 1.54) is 10.4 Å². The molecule has 1 unspecified atom stereocenters. The number of rotatable bonds is 6. The van der Waals surface area contributed by atoms with E-state index in [1.54, 1.807) is 29.8 Å². The Morgan fingerprint density at radius 3 is 2.62 bits per heavy atom. The molecule has 3 aromatic rings. The predicted octanol–water partition coefficient (Wildman–Crippen LogP) is 3.55. The lowest BCUT2D eigenvalue weighted by Gasteiger charge is -2.24. The zero-order chi connectivity index (χ0) is 18.5. The van der Waals surface area contributed by atoms with Crippen LogP contribution in [0.1, 0.15) is 26.8 Å². The van der Waals surface area contributed by atoms with Crippen LogP contribution in [0.5, 0.6) is 0 Å². The first-order chi connectivity index (χ1) is 12.6. The lowest BCUT2D eigenvalue weighted by atomic mass is 10.1. The van der Waals surface area contributed by atoms with Gasteiger partial charge >= 0.3 is 0 Å². The molecule has 26 heavy (non-hydrogen) atoms. The van der Waals surface area contributed by atoms with E-state index in [0.29, 0.717) is 17.9 Å². The second-order valence-corrected chi connectivity index (χ2v) is 7.26. The number of benzene rings is 1. The molecule has 1 amide bonds. The molecule has 0 fully saturated rings. The summed E-state index contributed by atoms with van der Waals surface area (Å²) in [6.07, 6.45) is 3.39. The summed E-state index contributed by atoms with van der Waals surface area (Å²) in [5.74, 6) is 0.520. The molecule has 1 atom stereocenters. The Labute approximate surface area is 157 Å². The number of likely N-dealkylation sites (N-methyl/N-ethyl adjacent to an activating group) is 1. The Balaban J connectivity index is 1.73. The first kappa shape index (κ1) is 18.2. The first-order valence-corrected chi connectivity index (χ1v) is 9.30. The molecule has 0 spiro atoms. The smallest absolute Gasteiger partial charge is 0.251 e. The molecular formula is C20H22N4OS. The monoisotopic (exact) mass is 366 g/mol. The van der Waals surface area contributed by atoms with Crippen LogP contribution in [0.15, 0.2) is 54.2 Å². The van der Waals surface area contributed by atoms with Crippen LogP contribution in [0.4, 0.5) is 0 Å². The van der Waals surface area contributed by atoms with Crippen LogP contribution < -0.4 is 5.32 Å². The van der Waals surface area contributed by atoms with Gasteiger partial charge in [0.25, 0.3) is 5.91 Å². The maximum Gasteiger partial charge on any atom is 0.251 e. The molecule has 0 bridgehead atoms. The van der Waals surface area contributed by atoms with Gasteiger partial charge < -0.3 is 10.2 Å². The highest BCUT2D eigenvalue weighted by atomic mass is 32.1. The van der Waals surface area contributed by atoms with Gasteiger partial charge in [0.05, 0.1) is 6.04 Å². The Bertz CT molecular complexity index is 876. The Kier molecular flexibility index (Phi) is 5.75. The van der Waals surface area contributed by atoms with Gasteiger partial charge in [0.1, 0.15) is 0 Å². The molecule has 6 heteroatoms. The number of hydrogen-bond donors (Lipinski definition) is 1. The summed E-state index contributed by atoms with van der Waals surface area (Å²) in [5.41, 5.74) is 2.69. The molecule has 134 valence electrons. The quantitative estimate of drug-likeness (QED) is 0.725. The molecule has 0 aliphatic carbocycles. The third-order valence-electron chi connectivity index (χ3n) is 4.23. The summed E-state index contributed by atoms with van der Waals surface area (Å²) in [4.78, 5) is 24.5. The van der Waals surface area contributed by atoms with Crippen LogP contribution in [0.25, 0.3) is 11.4 Å². The van der Waals surface area contributed by atoms with Gasteiger partial charge in [-0.25, -0.2) is 9.97 Å². The van der Waals surface area contributed by atoms with Crippen molar-refractivity contribution < 1.29 is 4.79 Å². The molecule has 5 nitrogen and oxygen atoms in total. The van der Waals surface area contributed by atoms with Crippen molar-refractivity contribution in [1.82, 2.24) is 20.2 Å². The minimum Gasteiger partial charge on any atom is -0.350 e. The Hall–Kier alpha value is -2.57. The van der Waals surface area contributed by atoms with E-state index >= 15 is 0 Å². The van der Waals surface area contributed by atoms with Crippen LogP contribution >= 0.6 is 11.3 Å². The average Bonchev–Trinajstić information content (AvgIpc) is 3.08. The number of nitrogens with one attached hydrogen (secondary N) is 1. The number of carbonyl (C=O) groups is 1. The van der Waals surface area contributed by atoms with Gasteiger partial charge in [-0.05, 0) is 56.2 Å². The second-order valence-electron chi connectivity index (χ2n) is 6.31. The van der Waals surface area contributed by atoms with Gasteiger partial charge in [-0.1, -0.05) is 12.1 Å². The van der Waals surface area contributed by atoms with Gasteiger partial charge in [0.15, 0.2) is 5.82 Å². The van der Waals surface area contributed by atoms with Crippen molar-refractivity contribution >= 4 is 17.2 Å².